The molecule has 27 heavy (non-hydrogen) atoms. The molecule has 1 aromatic carbocycles. The van der Waals surface area contributed by atoms with Gasteiger partial charge in [0.1, 0.15) is 5.75 Å². The number of benzene rings is 1. The predicted molar refractivity (Wildman–Crippen MR) is 111 cm³/mol. The summed E-state index contributed by atoms with van der Waals surface area (Å²) in [7, 11) is 1.50. The lowest BCUT2D eigenvalue weighted by Crippen LogP contribution is -2.29. The smallest absolute Gasteiger partial charge is 0.308 e. The number of hydrogen-bond acceptors (Lipinski definition) is 3. The molecule has 0 heterocycles. The molecule has 3 heteroatoms. The Morgan fingerprint density at radius 1 is 1.15 bits per heavy atom. The molecule has 0 amide bonds. The molecular formula is C24H38O3. The maximum Gasteiger partial charge on any atom is 0.308 e. The van der Waals surface area contributed by atoms with E-state index in [4.69, 9.17) is 9.47 Å². The maximum atomic E-state index is 12.0. The van der Waals surface area contributed by atoms with Crippen LogP contribution >= 0.6 is 0 Å². The van der Waals surface area contributed by atoms with Crippen molar-refractivity contribution in [3.8, 4) is 5.75 Å². The van der Waals surface area contributed by atoms with Crippen LogP contribution in [0.1, 0.15) is 77.7 Å². The molecule has 0 spiro atoms. The molecule has 0 N–H and O–H groups in total. The number of carbonyl (C=O) groups is 1. The van der Waals surface area contributed by atoms with Crippen LogP contribution in [-0.2, 0) is 16.0 Å². The zero-order chi connectivity index (χ0) is 19.7. The molecule has 1 unspecified atom stereocenters. The first-order valence-electron chi connectivity index (χ1n) is 10.8. The Hall–Kier alpha value is -1.51. The lowest BCUT2D eigenvalue weighted by molar-refractivity contribution is -0.148. The van der Waals surface area contributed by atoms with Crippen LogP contribution in [0.25, 0.3) is 0 Å². The molecular weight excluding hydrogens is 336 g/mol. The Morgan fingerprint density at radius 3 is 2.48 bits per heavy atom. The fraction of sp³-hybridized carbons (Fsp3) is 0.708. The van der Waals surface area contributed by atoms with Crippen LogP contribution in [0.5, 0.6) is 5.75 Å². The molecule has 2 rings (SSSR count). The molecule has 0 aliphatic heterocycles. The van der Waals surface area contributed by atoms with E-state index in [2.05, 4.69) is 45.0 Å². The molecule has 3 atom stereocenters. The average Bonchev–Trinajstić information content (AvgIpc) is 2.69. The van der Waals surface area contributed by atoms with E-state index in [1.165, 1.54) is 38.4 Å². The van der Waals surface area contributed by atoms with Gasteiger partial charge in [-0.05, 0) is 61.1 Å². The summed E-state index contributed by atoms with van der Waals surface area (Å²) in [4.78, 5) is 12.0. The zero-order valence-electron chi connectivity index (χ0n) is 17.8. The van der Waals surface area contributed by atoms with Crippen LogP contribution < -0.4 is 4.74 Å². The van der Waals surface area contributed by atoms with Crippen molar-refractivity contribution in [2.24, 2.45) is 17.3 Å². The van der Waals surface area contributed by atoms with E-state index in [0.29, 0.717) is 17.9 Å². The minimum absolute atomic E-state index is 0.0462. The molecule has 1 aromatic rings. The van der Waals surface area contributed by atoms with Crippen LogP contribution in [0.15, 0.2) is 24.3 Å². The Balaban J connectivity index is 1.83. The van der Waals surface area contributed by atoms with E-state index >= 15 is 0 Å². The van der Waals surface area contributed by atoms with E-state index in [9.17, 15) is 4.79 Å². The fourth-order valence-electron chi connectivity index (χ4n) is 4.53. The SMILES string of the molecule is CCCC(C)(CC)Cc1ccc(OCC[C@@H]2CCCC[C@H]2C(=O)OC)cc1. The van der Waals surface area contributed by atoms with Crippen molar-refractivity contribution >= 4 is 5.97 Å². The highest BCUT2D eigenvalue weighted by Crippen LogP contribution is 2.34. The highest BCUT2D eigenvalue weighted by Gasteiger charge is 2.31. The van der Waals surface area contributed by atoms with Gasteiger partial charge in [-0.15, -0.1) is 0 Å². The summed E-state index contributed by atoms with van der Waals surface area (Å²) >= 11 is 0. The highest BCUT2D eigenvalue weighted by molar-refractivity contribution is 5.72. The maximum absolute atomic E-state index is 12.0. The van der Waals surface area contributed by atoms with Crippen molar-refractivity contribution in [2.75, 3.05) is 13.7 Å². The molecule has 1 aliphatic carbocycles. The quantitative estimate of drug-likeness (QED) is 0.458. The molecule has 152 valence electrons. The Morgan fingerprint density at radius 2 is 1.85 bits per heavy atom. The molecule has 1 fully saturated rings. The normalized spacial score (nSPS) is 22.1. The first-order valence-corrected chi connectivity index (χ1v) is 10.8. The highest BCUT2D eigenvalue weighted by atomic mass is 16.5. The van der Waals surface area contributed by atoms with Crippen LogP contribution in [0.2, 0.25) is 0 Å². The average molecular weight is 375 g/mol. The van der Waals surface area contributed by atoms with Gasteiger partial charge in [0, 0.05) is 0 Å². The molecule has 0 aromatic heterocycles. The van der Waals surface area contributed by atoms with Crippen LogP contribution in [0, 0.1) is 17.3 Å². The van der Waals surface area contributed by atoms with E-state index < -0.39 is 0 Å². The number of ether oxygens (including phenoxy) is 2. The molecule has 0 bridgehead atoms. The van der Waals surface area contributed by atoms with E-state index in [-0.39, 0.29) is 11.9 Å². The van der Waals surface area contributed by atoms with Gasteiger partial charge in [-0.2, -0.15) is 0 Å². The van der Waals surface area contributed by atoms with Crippen LogP contribution in [-0.4, -0.2) is 19.7 Å². The van der Waals surface area contributed by atoms with Crippen molar-refractivity contribution in [1.82, 2.24) is 0 Å². The van der Waals surface area contributed by atoms with Gasteiger partial charge in [0.2, 0.25) is 0 Å². The van der Waals surface area contributed by atoms with Gasteiger partial charge in [-0.25, -0.2) is 0 Å². The van der Waals surface area contributed by atoms with E-state index in [1.54, 1.807) is 0 Å². The van der Waals surface area contributed by atoms with Gasteiger partial charge in [0.25, 0.3) is 0 Å². The number of esters is 1. The summed E-state index contributed by atoms with van der Waals surface area (Å²) in [5.74, 6) is 1.33. The van der Waals surface area contributed by atoms with Crippen molar-refractivity contribution in [2.45, 2.75) is 78.6 Å². The Labute approximate surface area is 165 Å². The fourth-order valence-corrected chi connectivity index (χ4v) is 4.53. The largest absolute Gasteiger partial charge is 0.494 e. The molecule has 0 radical (unpaired) electrons. The van der Waals surface area contributed by atoms with Gasteiger partial charge < -0.3 is 9.47 Å². The summed E-state index contributed by atoms with van der Waals surface area (Å²) in [6.07, 6.45) is 10.2. The Bertz CT molecular complexity index is 565. The van der Waals surface area contributed by atoms with Crippen LogP contribution in [0.3, 0.4) is 0 Å². The van der Waals surface area contributed by atoms with E-state index in [0.717, 1.165) is 37.9 Å². The zero-order valence-corrected chi connectivity index (χ0v) is 17.8. The third-order valence-corrected chi connectivity index (χ3v) is 6.43. The Kier molecular flexibility index (Phi) is 8.66. The molecule has 1 aliphatic rings. The third kappa shape index (κ3) is 6.55. The van der Waals surface area contributed by atoms with Crippen molar-refractivity contribution in [3.63, 3.8) is 0 Å². The van der Waals surface area contributed by atoms with Crippen LogP contribution in [0.4, 0.5) is 0 Å². The van der Waals surface area contributed by atoms with Crippen molar-refractivity contribution < 1.29 is 14.3 Å². The van der Waals surface area contributed by atoms with Gasteiger partial charge in [-0.3, -0.25) is 4.79 Å². The number of rotatable bonds is 10. The first-order chi connectivity index (χ1) is 13.0. The second-order valence-electron chi connectivity index (χ2n) is 8.55. The lowest BCUT2D eigenvalue weighted by Gasteiger charge is -2.29. The predicted octanol–water partition coefficient (Wildman–Crippen LogP) is 6.19. The number of methoxy groups -OCH3 is 1. The van der Waals surface area contributed by atoms with Crippen molar-refractivity contribution in [1.29, 1.82) is 0 Å². The number of hydrogen-bond donors (Lipinski definition) is 0. The van der Waals surface area contributed by atoms with Gasteiger partial charge >= 0.3 is 5.97 Å². The minimum Gasteiger partial charge on any atom is -0.494 e. The summed E-state index contributed by atoms with van der Waals surface area (Å²) < 4.78 is 11.0. The van der Waals surface area contributed by atoms with Gasteiger partial charge in [0.05, 0.1) is 19.6 Å². The standard InChI is InChI=1S/C24H38O3/c1-5-16-24(3,6-2)18-19-11-13-21(14-12-19)27-17-15-20-9-7-8-10-22(20)23(25)26-4/h11-14,20,22H,5-10,15-18H2,1-4H3/t20-,22+,24?/m0/s1. The van der Waals surface area contributed by atoms with E-state index in [1.807, 2.05) is 0 Å². The summed E-state index contributed by atoms with van der Waals surface area (Å²) in [5, 5.41) is 0. The summed E-state index contributed by atoms with van der Waals surface area (Å²) in [6, 6.07) is 8.60. The summed E-state index contributed by atoms with van der Waals surface area (Å²) in [6.45, 7) is 7.62. The second kappa shape index (κ2) is 10.7. The minimum atomic E-state index is -0.0462. The first kappa shape index (κ1) is 21.8. The van der Waals surface area contributed by atoms with Crippen molar-refractivity contribution in [3.05, 3.63) is 29.8 Å². The number of carbonyl (C=O) groups excluding carboxylic acids is 1. The topological polar surface area (TPSA) is 35.5 Å². The molecule has 3 nitrogen and oxygen atoms in total. The second-order valence-corrected chi connectivity index (χ2v) is 8.55. The molecule has 0 saturated heterocycles. The summed E-state index contributed by atoms with van der Waals surface area (Å²) in [5.41, 5.74) is 1.78. The molecule has 1 saturated carbocycles. The van der Waals surface area contributed by atoms with Gasteiger partial charge in [0.15, 0.2) is 0 Å². The third-order valence-electron chi connectivity index (χ3n) is 6.43. The lowest BCUT2D eigenvalue weighted by atomic mass is 9.77. The monoisotopic (exact) mass is 374 g/mol. The van der Waals surface area contributed by atoms with Gasteiger partial charge in [-0.1, -0.05) is 58.6 Å².